The van der Waals surface area contributed by atoms with Gasteiger partial charge in [-0.25, -0.2) is 4.98 Å². The first-order valence-corrected chi connectivity index (χ1v) is 8.82. The number of ketones is 1. The predicted octanol–water partition coefficient (Wildman–Crippen LogP) is 2.99. The highest BCUT2D eigenvalue weighted by atomic mass is 32.2. The van der Waals surface area contributed by atoms with E-state index in [4.69, 9.17) is 0 Å². The van der Waals surface area contributed by atoms with E-state index in [1.807, 2.05) is 32.0 Å². The van der Waals surface area contributed by atoms with E-state index in [1.54, 1.807) is 19.0 Å². The number of hydrogen-bond acceptors (Lipinski definition) is 5. The first-order chi connectivity index (χ1) is 11.8. The maximum atomic E-state index is 12.5. The van der Waals surface area contributed by atoms with Crippen LogP contribution in [-0.4, -0.2) is 46.4 Å². The van der Waals surface area contributed by atoms with E-state index in [9.17, 15) is 9.59 Å². The molecule has 25 heavy (non-hydrogen) atoms. The molecule has 1 aromatic carbocycles. The fraction of sp³-hybridized carbons (Fsp3) is 0.278. The van der Waals surface area contributed by atoms with E-state index >= 15 is 0 Å². The SMILES string of the molecule is C=C1N(C)C(=O)c2[nH]c(SCC(=O)c3ccc(C)cc3C)nc2N1C. The lowest BCUT2D eigenvalue weighted by molar-refractivity contribution is 0.0820. The number of nitrogens with one attached hydrogen (secondary N) is 1. The average Bonchev–Trinajstić information content (AvgIpc) is 3.00. The third-order valence-corrected chi connectivity index (χ3v) is 5.17. The number of H-pyrrole nitrogens is 1. The van der Waals surface area contributed by atoms with Crippen LogP contribution >= 0.6 is 11.8 Å². The van der Waals surface area contributed by atoms with Crippen LogP contribution in [0.4, 0.5) is 5.82 Å². The molecule has 3 rings (SSSR count). The van der Waals surface area contributed by atoms with Gasteiger partial charge in [0.25, 0.3) is 5.91 Å². The summed E-state index contributed by atoms with van der Waals surface area (Å²) in [7, 11) is 3.47. The predicted molar refractivity (Wildman–Crippen MR) is 99.2 cm³/mol. The van der Waals surface area contributed by atoms with Crippen LogP contribution in [0.2, 0.25) is 0 Å². The maximum absolute atomic E-state index is 12.5. The van der Waals surface area contributed by atoms with Gasteiger partial charge in [-0.15, -0.1) is 0 Å². The van der Waals surface area contributed by atoms with E-state index in [-0.39, 0.29) is 17.4 Å². The van der Waals surface area contributed by atoms with Crippen molar-refractivity contribution in [2.24, 2.45) is 0 Å². The van der Waals surface area contributed by atoms with Gasteiger partial charge in [0.1, 0.15) is 5.82 Å². The Morgan fingerprint density at radius 2 is 2.00 bits per heavy atom. The number of imidazole rings is 1. The summed E-state index contributed by atoms with van der Waals surface area (Å²) >= 11 is 1.29. The number of Topliss-reactive ketones (excluding diaryl/α,β-unsaturated/α-hetero) is 1. The minimum Gasteiger partial charge on any atom is -0.327 e. The highest BCUT2D eigenvalue weighted by Gasteiger charge is 2.32. The highest BCUT2D eigenvalue weighted by Crippen LogP contribution is 2.31. The van der Waals surface area contributed by atoms with Crippen LogP contribution in [0.1, 0.15) is 32.0 Å². The van der Waals surface area contributed by atoms with E-state index < -0.39 is 0 Å². The van der Waals surface area contributed by atoms with Gasteiger partial charge in [0.2, 0.25) is 0 Å². The summed E-state index contributed by atoms with van der Waals surface area (Å²) in [5, 5.41) is 0.548. The molecule has 0 unspecified atom stereocenters. The van der Waals surface area contributed by atoms with Crippen molar-refractivity contribution >= 4 is 29.3 Å². The second-order valence-electron chi connectivity index (χ2n) is 6.11. The van der Waals surface area contributed by atoms with Crippen molar-refractivity contribution in [2.45, 2.75) is 19.0 Å². The van der Waals surface area contributed by atoms with E-state index in [2.05, 4.69) is 16.5 Å². The number of carbonyl (C=O) groups excluding carboxylic acids is 2. The topological polar surface area (TPSA) is 69.3 Å². The molecule has 130 valence electrons. The zero-order valence-corrected chi connectivity index (χ0v) is 15.5. The molecule has 2 heterocycles. The molecule has 0 fully saturated rings. The second-order valence-corrected chi connectivity index (χ2v) is 7.07. The lowest BCUT2D eigenvalue weighted by Crippen LogP contribution is -2.40. The largest absolute Gasteiger partial charge is 0.327 e. The summed E-state index contributed by atoms with van der Waals surface area (Å²) in [6, 6.07) is 5.79. The Kier molecular flexibility index (Phi) is 4.43. The maximum Gasteiger partial charge on any atom is 0.279 e. The summed E-state index contributed by atoms with van der Waals surface area (Å²) in [6.07, 6.45) is 0. The number of thioether (sulfide) groups is 1. The molecule has 0 spiro atoms. The van der Waals surface area contributed by atoms with Crippen molar-refractivity contribution in [3.05, 3.63) is 53.0 Å². The number of fused-ring (bicyclic) bond motifs is 1. The summed E-state index contributed by atoms with van der Waals surface area (Å²) < 4.78 is 0. The van der Waals surface area contributed by atoms with Gasteiger partial charge in [-0.1, -0.05) is 42.1 Å². The number of nitrogens with zero attached hydrogens (tertiary/aromatic N) is 3. The van der Waals surface area contributed by atoms with Gasteiger partial charge in [-0.05, 0) is 19.4 Å². The quantitative estimate of drug-likeness (QED) is 0.674. The Balaban J connectivity index is 1.77. The van der Waals surface area contributed by atoms with Crippen LogP contribution < -0.4 is 4.90 Å². The molecule has 6 nitrogen and oxygen atoms in total. The van der Waals surface area contributed by atoms with Crippen LogP contribution in [0.25, 0.3) is 0 Å². The molecule has 1 aliphatic heterocycles. The number of benzene rings is 1. The van der Waals surface area contributed by atoms with Gasteiger partial charge >= 0.3 is 0 Å². The molecule has 1 N–H and O–H groups in total. The van der Waals surface area contributed by atoms with Crippen molar-refractivity contribution in [3.63, 3.8) is 0 Å². The molecule has 7 heteroatoms. The van der Waals surface area contributed by atoms with Crippen molar-refractivity contribution < 1.29 is 9.59 Å². The fourth-order valence-corrected chi connectivity index (χ4v) is 3.52. The molecule has 1 aromatic heterocycles. The minimum absolute atomic E-state index is 0.0399. The second kappa shape index (κ2) is 6.40. The Morgan fingerprint density at radius 1 is 1.28 bits per heavy atom. The smallest absolute Gasteiger partial charge is 0.279 e. The average molecular weight is 356 g/mol. The molecule has 0 saturated carbocycles. The first-order valence-electron chi connectivity index (χ1n) is 7.83. The van der Waals surface area contributed by atoms with E-state index in [0.29, 0.717) is 22.5 Å². The van der Waals surface area contributed by atoms with Crippen molar-refractivity contribution in [1.29, 1.82) is 0 Å². The van der Waals surface area contributed by atoms with Crippen LogP contribution in [0.3, 0.4) is 0 Å². The lowest BCUT2D eigenvalue weighted by atomic mass is 10.0. The molecule has 0 bridgehead atoms. The Bertz CT molecular complexity index is 887. The number of carbonyl (C=O) groups is 2. The molecule has 0 saturated heterocycles. The molecular weight excluding hydrogens is 336 g/mol. The van der Waals surface area contributed by atoms with E-state index in [0.717, 1.165) is 16.7 Å². The zero-order valence-electron chi connectivity index (χ0n) is 14.7. The van der Waals surface area contributed by atoms with Gasteiger partial charge < -0.3 is 9.88 Å². The standard InChI is InChI=1S/C18H20N4O2S/c1-10-6-7-13(11(2)8-10)14(23)9-25-18-19-15-16(20-18)21(4)12(3)22(5)17(15)24/h6-8H,3,9H2,1-2,4-5H3,(H,19,20). The van der Waals surface area contributed by atoms with Crippen molar-refractivity contribution in [2.75, 3.05) is 24.7 Å². The molecule has 0 atom stereocenters. The Morgan fingerprint density at radius 3 is 2.68 bits per heavy atom. The third-order valence-electron chi connectivity index (χ3n) is 4.30. The summed E-state index contributed by atoms with van der Waals surface area (Å²) in [6.45, 7) is 7.82. The summed E-state index contributed by atoms with van der Waals surface area (Å²) in [5.74, 6) is 1.21. The number of aromatic amines is 1. The zero-order chi connectivity index (χ0) is 18.3. The molecule has 1 amide bonds. The van der Waals surface area contributed by atoms with Gasteiger partial charge in [-0.2, -0.15) is 0 Å². The lowest BCUT2D eigenvalue weighted by Gasteiger charge is -2.31. The summed E-state index contributed by atoms with van der Waals surface area (Å²) in [5.41, 5.74) is 3.23. The van der Waals surface area contributed by atoms with Gasteiger partial charge in [0.15, 0.2) is 22.5 Å². The Labute approximate surface area is 150 Å². The molecule has 1 aliphatic rings. The van der Waals surface area contributed by atoms with E-state index in [1.165, 1.54) is 16.7 Å². The van der Waals surface area contributed by atoms with Crippen LogP contribution in [-0.2, 0) is 0 Å². The normalized spacial score (nSPS) is 14.1. The highest BCUT2D eigenvalue weighted by molar-refractivity contribution is 7.99. The van der Waals surface area contributed by atoms with Gasteiger partial charge in [-0.3, -0.25) is 14.5 Å². The number of aryl methyl sites for hydroxylation is 2. The van der Waals surface area contributed by atoms with Crippen molar-refractivity contribution in [1.82, 2.24) is 14.9 Å². The first kappa shape index (κ1) is 17.3. The molecule has 2 aromatic rings. The fourth-order valence-electron chi connectivity index (χ4n) is 2.77. The van der Waals surface area contributed by atoms with Crippen LogP contribution in [0.5, 0.6) is 0 Å². The number of hydrogen-bond donors (Lipinski definition) is 1. The number of amides is 1. The van der Waals surface area contributed by atoms with Gasteiger partial charge in [0, 0.05) is 19.7 Å². The number of anilines is 1. The summed E-state index contributed by atoms with van der Waals surface area (Å²) in [4.78, 5) is 35.5. The Hall–Kier alpha value is -2.54. The molecule has 0 radical (unpaired) electrons. The molecular formula is C18H20N4O2S. The number of aromatic nitrogens is 2. The van der Waals surface area contributed by atoms with Crippen molar-refractivity contribution in [3.8, 4) is 0 Å². The molecule has 0 aliphatic carbocycles. The monoisotopic (exact) mass is 356 g/mol. The minimum atomic E-state index is -0.182. The van der Waals surface area contributed by atoms with Gasteiger partial charge in [0.05, 0.1) is 5.75 Å². The number of rotatable bonds is 4. The van der Waals surface area contributed by atoms with Crippen LogP contribution in [0, 0.1) is 13.8 Å². The van der Waals surface area contributed by atoms with Crippen LogP contribution in [0.15, 0.2) is 35.8 Å². The third kappa shape index (κ3) is 3.07.